The van der Waals surface area contributed by atoms with Crippen LogP contribution in [0.1, 0.15) is 19.4 Å². The highest BCUT2D eigenvalue weighted by atomic mass is 35.5. The van der Waals surface area contributed by atoms with Gasteiger partial charge in [0.1, 0.15) is 10.8 Å². The smallest absolute Gasteiger partial charge is 0.277 e. The Morgan fingerprint density at radius 1 is 0.917 bits per heavy atom. The molecule has 0 aromatic heterocycles. The third-order valence-electron chi connectivity index (χ3n) is 3.56. The number of amides is 2. The molecule has 0 fully saturated rings. The van der Waals surface area contributed by atoms with Crippen LogP contribution in [0.25, 0.3) is 5.57 Å². The second-order valence-corrected chi connectivity index (χ2v) is 6.04. The summed E-state index contributed by atoms with van der Waals surface area (Å²) < 4.78 is 5.57. The number of carbonyl (C=O) groups is 2. The molecule has 24 heavy (non-hydrogen) atoms. The molecular formula is C19H16ClNO3. The summed E-state index contributed by atoms with van der Waals surface area (Å²) in [5.74, 6) is -0.262. The van der Waals surface area contributed by atoms with Gasteiger partial charge in [-0.1, -0.05) is 41.9 Å². The highest BCUT2D eigenvalue weighted by Crippen LogP contribution is 2.35. The molecule has 5 heteroatoms. The molecule has 2 aromatic carbocycles. The van der Waals surface area contributed by atoms with Crippen LogP contribution in [0.5, 0.6) is 5.75 Å². The van der Waals surface area contributed by atoms with Crippen molar-refractivity contribution in [1.82, 2.24) is 0 Å². The van der Waals surface area contributed by atoms with Crippen LogP contribution in [0.4, 0.5) is 5.69 Å². The molecule has 3 rings (SSSR count). The Labute approximate surface area is 145 Å². The summed E-state index contributed by atoms with van der Waals surface area (Å²) in [7, 11) is 0. The summed E-state index contributed by atoms with van der Waals surface area (Å²) in [6, 6.07) is 15.7. The third-order valence-corrected chi connectivity index (χ3v) is 3.91. The fourth-order valence-electron chi connectivity index (χ4n) is 2.54. The van der Waals surface area contributed by atoms with Crippen molar-refractivity contribution in [1.29, 1.82) is 0 Å². The van der Waals surface area contributed by atoms with E-state index in [0.717, 1.165) is 4.90 Å². The number of ether oxygens (including phenoxy) is 1. The van der Waals surface area contributed by atoms with Crippen molar-refractivity contribution in [2.45, 2.75) is 20.0 Å². The number of halogens is 1. The van der Waals surface area contributed by atoms with Crippen LogP contribution < -0.4 is 9.64 Å². The van der Waals surface area contributed by atoms with Gasteiger partial charge in [0.25, 0.3) is 11.8 Å². The first kappa shape index (κ1) is 16.3. The summed E-state index contributed by atoms with van der Waals surface area (Å²) in [6.45, 7) is 3.86. The minimum absolute atomic E-state index is 0.0479. The maximum absolute atomic E-state index is 12.7. The number of hydrogen-bond acceptors (Lipinski definition) is 3. The lowest BCUT2D eigenvalue weighted by Crippen LogP contribution is -2.31. The Hall–Kier alpha value is -2.59. The second kappa shape index (κ2) is 6.49. The van der Waals surface area contributed by atoms with Gasteiger partial charge >= 0.3 is 0 Å². The molecule has 4 nitrogen and oxygen atoms in total. The standard InChI is InChI=1S/C19H16ClNO3/c1-12(2)24-15-10-8-14(9-11-15)21-18(22)16(17(20)19(21)23)13-6-4-3-5-7-13/h3-12H,1-2H3. The van der Waals surface area contributed by atoms with Crippen LogP contribution in [0.15, 0.2) is 59.6 Å². The average Bonchev–Trinajstić information content (AvgIpc) is 2.78. The van der Waals surface area contributed by atoms with Crippen LogP contribution in [0.3, 0.4) is 0 Å². The van der Waals surface area contributed by atoms with Gasteiger partial charge < -0.3 is 4.74 Å². The first-order valence-electron chi connectivity index (χ1n) is 7.59. The Balaban J connectivity index is 1.92. The molecule has 0 saturated carbocycles. The molecule has 0 bridgehead atoms. The molecule has 1 aliphatic heterocycles. The predicted molar refractivity (Wildman–Crippen MR) is 93.9 cm³/mol. The van der Waals surface area contributed by atoms with E-state index in [4.69, 9.17) is 16.3 Å². The van der Waals surface area contributed by atoms with E-state index in [0.29, 0.717) is 17.0 Å². The Kier molecular flexibility index (Phi) is 4.40. The first-order chi connectivity index (χ1) is 11.5. The largest absolute Gasteiger partial charge is 0.491 e. The SMILES string of the molecule is CC(C)Oc1ccc(N2C(=O)C(Cl)=C(c3ccccc3)C2=O)cc1. The quantitative estimate of drug-likeness (QED) is 0.790. The molecule has 0 radical (unpaired) electrons. The van der Waals surface area contributed by atoms with Gasteiger partial charge in [0, 0.05) is 0 Å². The molecule has 122 valence electrons. The van der Waals surface area contributed by atoms with Crippen molar-refractivity contribution in [3.8, 4) is 5.75 Å². The summed E-state index contributed by atoms with van der Waals surface area (Å²) in [4.78, 5) is 26.3. The molecule has 0 saturated heterocycles. The number of nitrogens with zero attached hydrogens (tertiary/aromatic N) is 1. The van der Waals surface area contributed by atoms with E-state index in [1.165, 1.54) is 0 Å². The van der Waals surface area contributed by atoms with Crippen LogP contribution >= 0.6 is 11.6 Å². The predicted octanol–water partition coefficient (Wildman–Crippen LogP) is 4.00. The number of hydrogen-bond donors (Lipinski definition) is 0. The summed E-state index contributed by atoms with van der Waals surface area (Å²) >= 11 is 6.15. The fourth-order valence-corrected chi connectivity index (χ4v) is 2.81. The molecule has 0 N–H and O–H groups in total. The molecule has 0 aliphatic carbocycles. The minimum Gasteiger partial charge on any atom is -0.491 e. The zero-order chi connectivity index (χ0) is 17.3. The summed E-state index contributed by atoms with van der Waals surface area (Å²) in [6.07, 6.45) is 0.0479. The van der Waals surface area contributed by atoms with Gasteiger partial charge in [-0.3, -0.25) is 9.59 Å². The van der Waals surface area contributed by atoms with Crippen LogP contribution in [0.2, 0.25) is 0 Å². The summed E-state index contributed by atoms with van der Waals surface area (Å²) in [5.41, 5.74) is 1.32. The lowest BCUT2D eigenvalue weighted by Gasteiger charge is -2.16. The molecular weight excluding hydrogens is 326 g/mol. The number of rotatable bonds is 4. The Morgan fingerprint density at radius 3 is 2.12 bits per heavy atom. The van der Waals surface area contributed by atoms with Crippen LogP contribution in [-0.2, 0) is 9.59 Å². The molecule has 0 spiro atoms. The third kappa shape index (κ3) is 2.93. The fraction of sp³-hybridized carbons (Fsp3) is 0.158. The number of benzene rings is 2. The minimum atomic E-state index is -0.516. The van der Waals surface area contributed by atoms with Crippen molar-refractivity contribution >= 4 is 34.7 Å². The molecule has 2 aromatic rings. The van der Waals surface area contributed by atoms with Crippen molar-refractivity contribution < 1.29 is 14.3 Å². The highest BCUT2D eigenvalue weighted by molar-refractivity contribution is 6.60. The van der Waals surface area contributed by atoms with Crippen LogP contribution in [0, 0.1) is 0 Å². The maximum Gasteiger partial charge on any atom is 0.277 e. The van der Waals surface area contributed by atoms with Crippen molar-refractivity contribution in [2.24, 2.45) is 0 Å². The van der Waals surface area contributed by atoms with E-state index in [1.807, 2.05) is 19.9 Å². The average molecular weight is 342 g/mol. The lowest BCUT2D eigenvalue weighted by atomic mass is 10.1. The van der Waals surface area contributed by atoms with Gasteiger partial charge in [-0.15, -0.1) is 0 Å². The zero-order valence-corrected chi connectivity index (χ0v) is 14.1. The molecule has 0 atom stereocenters. The zero-order valence-electron chi connectivity index (χ0n) is 13.3. The topological polar surface area (TPSA) is 46.6 Å². The van der Waals surface area contributed by atoms with Crippen molar-refractivity contribution in [2.75, 3.05) is 4.90 Å². The van der Waals surface area contributed by atoms with Crippen molar-refractivity contribution in [3.05, 3.63) is 65.2 Å². The van der Waals surface area contributed by atoms with Gasteiger partial charge in [0.2, 0.25) is 0 Å². The number of carbonyl (C=O) groups excluding carboxylic acids is 2. The number of anilines is 1. The Morgan fingerprint density at radius 2 is 1.54 bits per heavy atom. The summed E-state index contributed by atoms with van der Waals surface area (Å²) in [5, 5.41) is -0.0614. The normalized spacial score (nSPS) is 14.8. The van der Waals surface area contributed by atoms with E-state index in [9.17, 15) is 9.59 Å². The molecule has 2 amide bonds. The monoisotopic (exact) mass is 341 g/mol. The van der Waals surface area contributed by atoms with E-state index >= 15 is 0 Å². The molecule has 1 aliphatic rings. The van der Waals surface area contributed by atoms with E-state index < -0.39 is 11.8 Å². The maximum atomic E-state index is 12.7. The van der Waals surface area contributed by atoms with Crippen LogP contribution in [-0.4, -0.2) is 17.9 Å². The lowest BCUT2D eigenvalue weighted by molar-refractivity contribution is -0.119. The van der Waals surface area contributed by atoms with E-state index in [-0.39, 0.29) is 16.7 Å². The van der Waals surface area contributed by atoms with Gasteiger partial charge in [-0.25, -0.2) is 4.90 Å². The van der Waals surface area contributed by atoms with Gasteiger partial charge in [0.15, 0.2) is 0 Å². The number of imide groups is 1. The van der Waals surface area contributed by atoms with Crippen molar-refractivity contribution in [3.63, 3.8) is 0 Å². The van der Waals surface area contributed by atoms with E-state index in [1.54, 1.807) is 48.5 Å². The highest BCUT2D eigenvalue weighted by Gasteiger charge is 2.39. The van der Waals surface area contributed by atoms with Gasteiger partial charge in [-0.05, 0) is 43.7 Å². The van der Waals surface area contributed by atoms with E-state index in [2.05, 4.69) is 0 Å². The molecule has 0 unspecified atom stereocenters. The van der Waals surface area contributed by atoms with Gasteiger partial charge in [0.05, 0.1) is 17.4 Å². The second-order valence-electron chi connectivity index (χ2n) is 5.66. The molecule has 1 heterocycles. The Bertz CT molecular complexity index is 810. The van der Waals surface area contributed by atoms with Gasteiger partial charge in [-0.2, -0.15) is 0 Å². The first-order valence-corrected chi connectivity index (χ1v) is 7.97.